The van der Waals surface area contributed by atoms with Crippen molar-refractivity contribution in [3.63, 3.8) is 0 Å². The van der Waals surface area contributed by atoms with Gasteiger partial charge in [-0.3, -0.25) is 9.88 Å². The van der Waals surface area contributed by atoms with Crippen molar-refractivity contribution in [3.05, 3.63) is 47.7 Å². The van der Waals surface area contributed by atoms with Crippen LogP contribution in [0.1, 0.15) is 44.6 Å². The maximum Gasteiger partial charge on any atom is 0.319 e. The fraction of sp³-hybridized carbons (Fsp3) is 0.469. The molecule has 4 fully saturated rings. The van der Waals surface area contributed by atoms with Gasteiger partial charge in [-0.1, -0.05) is 13.0 Å². The SMILES string of the molecule is CCc1c(F)ccc2cc(O)cc(-c3ncc4c(N5CC[C@H]6C[C@H]65)nc(OC[C@@]56CCCN5C[C@H](F)C6)nc4c3F)c12. The van der Waals surface area contributed by atoms with Crippen LogP contribution in [0.5, 0.6) is 11.8 Å². The summed E-state index contributed by atoms with van der Waals surface area (Å²) in [6, 6.07) is 6.32. The van der Waals surface area contributed by atoms with E-state index in [1.165, 1.54) is 12.1 Å². The number of aromatic nitrogens is 3. The van der Waals surface area contributed by atoms with E-state index in [1.807, 2.05) is 6.92 Å². The lowest BCUT2D eigenvalue weighted by Gasteiger charge is -2.31. The Labute approximate surface area is 241 Å². The van der Waals surface area contributed by atoms with Crippen LogP contribution in [0.4, 0.5) is 19.0 Å². The first kappa shape index (κ1) is 26.0. The van der Waals surface area contributed by atoms with Crippen molar-refractivity contribution < 1.29 is 23.0 Å². The predicted octanol–water partition coefficient (Wildman–Crippen LogP) is 5.95. The molecule has 2 aromatic heterocycles. The van der Waals surface area contributed by atoms with Crippen molar-refractivity contribution in [1.29, 1.82) is 0 Å². The van der Waals surface area contributed by atoms with Gasteiger partial charge in [0.2, 0.25) is 0 Å². The summed E-state index contributed by atoms with van der Waals surface area (Å²) < 4.78 is 52.1. The number of fused-ring (bicyclic) bond motifs is 4. The van der Waals surface area contributed by atoms with Crippen LogP contribution in [-0.4, -0.2) is 69.0 Å². The van der Waals surface area contributed by atoms with E-state index in [0.717, 1.165) is 38.8 Å². The normalized spacial score (nSPS) is 26.8. The maximum absolute atomic E-state index is 16.7. The van der Waals surface area contributed by atoms with Crippen LogP contribution in [-0.2, 0) is 6.42 Å². The number of phenolic OH excluding ortho intramolecular Hbond substituents is 1. The first-order valence-electron chi connectivity index (χ1n) is 14.9. The van der Waals surface area contributed by atoms with Gasteiger partial charge in [0.15, 0.2) is 5.82 Å². The Kier molecular flexibility index (Phi) is 5.83. The summed E-state index contributed by atoms with van der Waals surface area (Å²) in [5.41, 5.74) is 0.367. The molecule has 5 heterocycles. The number of aromatic hydroxyl groups is 1. The molecule has 4 aliphatic rings. The molecule has 10 heteroatoms. The molecule has 1 N–H and O–H groups in total. The minimum absolute atomic E-state index is 0.0263. The smallest absolute Gasteiger partial charge is 0.319 e. The van der Waals surface area contributed by atoms with Gasteiger partial charge in [-0.2, -0.15) is 9.97 Å². The van der Waals surface area contributed by atoms with Crippen LogP contribution in [0, 0.1) is 17.6 Å². The molecule has 0 radical (unpaired) electrons. The molecule has 0 bridgehead atoms. The predicted molar refractivity (Wildman–Crippen MR) is 154 cm³/mol. The molecule has 0 spiro atoms. The first-order chi connectivity index (χ1) is 20.3. The van der Waals surface area contributed by atoms with Crippen molar-refractivity contribution in [2.45, 2.75) is 63.2 Å². The lowest BCUT2D eigenvalue weighted by molar-refractivity contribution is 0.107. The first-order valence-corrected chi connectivity index (χ1v) is 14.9. The van der Waals surface area contributed by atoms with Crippen LogP contribution in [0.25, 0.3) is 32.9 Å². The van der Waals surface area contributed by atoms with Crippen LogP contribution in [0.15, 0.2) is 30.5 Å². The largest absolute Gasteiger partial charge is 0.508 e. The van der Waals surface area contributed by atoms with Gasteiger partial charge in [-0.05, 0) is 79.1 Å². The topological polar surface area (TPSA) is 74.6 Å². The van der Waals surface area contributed by atoms with Gasteiger partial charge in [0.25, 0.3) is 0 Å². The monoisotopic (exact) mass is 575 g/mol. The molecule has 0 amide bonds. The van der Waals surface area contributed by atoms with E-state index in [9.17, 15) is 13.9 Å². The van der Waals surface area contributed by atoms with E-state index >= 15 is 4.39 Å². The zero-order chi connectivity index (χ0) is 28.7. The standard InChI is InChI=1S/C32H32F3N5O2/c1-2-21-24(34)5-4-18-10-20(41)12-22(26(18)21)28-27(35)29-23(14-36-28)30(40-9-6-17-11-25(17)40)38-31(37-29)42-16-32-7-3-8-39(32)15-19(33)13-32/h4-5,10,12,14,17,19,25,41H,2-3,6-9,11,13,15-16H2,1H3/t17-,19+,25+,32-/m0/s1. The minimum Gasteiger partial charge on any atom is -0.508 e. The third-order valence-electron chi connectivity index (χ3n) is 9.93. The highest BCUT2D eigenvalue weighted by Gasteiger charge is 2.50. The number of hydrogen-bond donors (Lipinski definition) is 1. The number of piperidine rings is 1. The van der Waals surface area contributed by atoms with Crippen LogP contribution >= 0.6 is 0 Å². The zero-order valence-corrected chi connectivity index (χ0v) is 23.4. The summed E-state index contributed by atoms with van der Waals surface area (Å²) >= 11 is 0. The van der Waals surface area contributed by atoms with Gasteiger partial charge >= 0.3 is 6.01 Å². The number of ether oxygens (including phenoxy) is 1. The van der Waals surface area contributed by atoms with Crippen molar-refractivity contribution >= 4 is 27.5 Å². The minimum atomic E-state index is -0.889. The number of phenols is 1. The van der Waals surface area contributed by atoms with E-state index in [2.05, 4.69) is 19.8 Å². The van der Waals surface area contributed by atoms with Gasteiger partial charge < -0.3 is 14.7 Å². The number of pyridine rings is 1. The number of aryl methyl sites for hydroxylation is 1. The molecule has 42 heavy (non-hydrogen) atoms. The second-order valence-corrected chi connectivity index (χ2v) is 12.4. The Morgan fingerprint density at radius 2 is 2.05 bits per heavy atom. The van der Waals surface area contributed by atoms with Gasteiger partial charge in [0.1, 0.15) is 41.4 Å². The van der Waals surface area contributed by atoms with Crippen molar-refractivity contribution in [2.24, 2.45) is 5.92 Å². The van der Waals surface area contributed by atoms with Gasteiger partial charge in [-0.25, -0.2) is 13.2 Å². The Morgan fingerprint density at radius 3 is 2.83 bits per heavy atom. The quantitative estimate of drug-likeness (QED) is 0.305. The van der Waals surface area contributed by atoms with E-state index in [0.29, 0.717) is 64.4 Å². The summed E-state index contributed by atoms with van der Waals surface area (Å²) in [5.74, 6) is 0.0584. The van der Waals surface area contributed by atoms with Crippen LogP contribution < -0.4 is 9.64 Å². The Morgan fingerprint density at radius 1 is 1.17 bits per heavy atom. The number of anilines is 1. The lowest BCUT2D eigenvalue weighted by Crippen LogP contribution is -2.43. The molecule has 4 aromatic rings. The second kappa shape index (κ2) is 9.42. The fourth-order valence-electron chi connectivity index (χ4n) is 7.83. The summed E-state index contributed by atoms with van der Waals surface area (Å²) in [7, 11) is 0. The number of benzene rings is 2. The molecule has 1 aliphatic carbocycles. The third kappa shape index (κ3) is 3.94. The summed E-state index contributed by atoms with van der Waals surface area (Å²) in [6.07, 6.45) is 5.43. The lowest BCUT2D eigenvalue weighted by atomic mass is 9.94. The van der Waals surface area contributed by atoms with Crippen molar-refractivity contribution in [3.8, 4) is 23.0 Å². The Balaban J connectivity index is 1.27. The molecule has 4 atom stereocenters. The maximum atomic E-state index is 16.7. The average Bonchev–Trinajstić information content (AvgIpc) is 3.28. The van der Waals surface area contributed by atoms with Crippen molar-refractivity contribution in [2.75, 3.05) is 31.1 Å². The number of hydrogen-bond acceptors (Lipinski definition) is 7. The number of nitrogens with zero attached hydrogens (tertiary/aromatic N) is 5. The molecule has 3 saturated heterocycles. The summed E-state index contributed by atoms with van der Waals surface area (Å²) in [6.45, 7) is 4.13. The van der Waals surface area contributed by atoms with E-state index < -0.39 is 23.3 Å². The summed E-state index contributed by atoms with van der Waals surface area (Å²) in [4.78, 5) is 18.2. The zero-order valence-electron chi connectivity index (χ0n) is 23.4. The van der Waals surface area contributed by atoms with Gasteiger partial charge in [-0.15, -0.1) is 0 Å². The number of halogens is 3. The second-order valence-electron chi connectivity index (χ2n) is 12.4. The molecule has 1 saturated carbocycles. The molecule has 3 aliphatic heterocycles. The molecule has 7 nitrogen and oxygen atoms in total. The molecular formula is C32H32F3N5O2. The molecule has 8 rings (SSSR count). The van der Waals surface area contributed by atoms with E-state index in [1.54, 1.807) is 18.3 Å². The third-order valence-corrected chi connectivity index (χ3v) is 9.93. The van der Waals surface area contributed by atoms with E-state index in [-0.39, 0.29) is 29.6 Å². The number of alkyl halides is 1. The van der Waals surface area contributed by atoms with Crippen molar-refractivity contribution in [1.82, 2.24) is 19.9 Å². The fourth-order valence-corrected chi connectivity index (χ4v) is 7.83. The van der Waals surface area contributed by atoms with Crippen LogP contribution in [0.2, 0.25) is 0 Å². The highest BCUT2D eigenvalue weighted by atomic mass is 19.1. The molecule has 2 aromatic carbocycles. The Hall–Kier alpha value is -3.66. The molecule has 0 unspecified atom stereocenters. The van der Waals surface area contributed by atoms with Gasteiger partial charge in [0.05, 0.1) is 10.9 Å². The van der Waals surface area contributed by atoms with Crippen LogP contribution in [0.3, 0.4) is 0 Å². The highest BCUT2D eigenvalue weighted by Crippen LogP contribution is 2.48. The number of rotatable bonds is 6. The average molecular weight is 576 g/mol. The van der Waals surface area contributed by atoms with Gasteiger partial charge in [0, 0.05) is 37.3 Å². The van der Waals surface area contributed by atoms with E-state index in [4.69, 9.17) is 9.72 Å². The summed E-state index contributed by atoms with van der Waals surface area (Å²) in [5, 5.41) is 12.1. The molecule has 218 valence electrons. The Bertz CT molecular complexity index is 1750. The molecular weight excluding hydrogens is 543 g/mol. The highest BCUT2D eigenvalue weighted by molar-refractivity contribution is 6.01.